The minimum atomic E-state index is -0.433. The third kappa shape index (κ3) is 4.37. The van der Waals surface area contributed by atoms with Crippen molar-refractivity contribution in [2.24, 2.45) is 5.92 Å². The van der Waals surface area contributed by atoms with E-state index in [2.05, 4.69) is 0 Å². The Labute approximate surface area is 116 Å². The van der Waals surface area contributed by atoms with Gasteiger partial charge in [0.05, 0.1) is 6.10 Å². The molecule has 1 N–H and O–H groups in total. The van der Waals surface area contributed by atoms with Crippen LogP contribution < -0.4 is 0 Å². The molecular weight excluding hydrogens is 242 g/mol. The summed E-state index contributed by atoms with van der Waals surface area (Å²) in [6.07, 6.45) is 5.77. The number of amides is 1. The van der Waals surface area contributed by atoms with Gasteiger partial charge in [0.25, 0.3) is 0 Å². The van der Waals surface area contributed by atoms with Gasteiger partial charge in [0.15, 0.2) is 0 Å². The molecule has 110 valence electrons. The maximum atomic E-state index is 12.1. The second-order valence-electron chi connectivity index (χ2n) is 6.95. The first-order chi connectivity index (χ1) is 8.87. The summed E-state index contributed by atoms with van der Waals surface area (Å²) in [4.78, 5) is 14.0. The van der Waals surface area contributed by atoms with Crippen molar-refractivity contribution in [1.29, 1.82) is 0 Å². The van der Waals surface area contributed by atoms with Crippen molar-refractivity contribution in [3.8, 4) is 0 Å². The van der Waals surface area contributed by atoms with E-state index < -0.39 is 5.60 Å². The smallest absolute Gasteiger partial charge is 0.410 e. The molecule has 2 atom stereocenters. The molecule has 0 spiro atoms. The molecule has 1 amide bonds. The van der Waals surface area contributed by atoms with Crippen LogP contribution in [0.3, 0.4) is 0 Å². The minimum Gasteiger partial charge on any atom is -0.444 e. The van der Waals surface area contributed by atoms with Gasteiger partial charge in [0, 0.05) is 12.6 Å². The van der Waals surface area contributed by atoms with Gasteiger partial charge in [-0.15, -0.1) is 0 Å². The van der Waals surface area contributed by atoms with Crippen LogP contribution >= 0.6 is 0 Å². The maximum Gasteiger partial charge on any atom is 0.410 e. The number of carbonyl (C=O) groups is 1. The van der Waals surface area contributed by atoms with Crippen molar-refractivity contribution in [2.45, 2.75) is 77.0 Å². The zero-order valence-corrected chi connectivity index (χ0v) is 12.4. The number of aliphatic hydroxyl groups is 1. The van der Waals surface area contributed by atoms with Crippen LogP contribution in [0.15, 0.2) is 0 Å². The van der Waals surface area contributed by atoms with Crippen LogP contribution in [0.4, 0.5) is 4.79 Å². The lowest BCUT2D eigenvalue weighted by Gasteiger charge is -2.29. The van der Waals surface area contributed by atoms with E-state index in [9.17, 15) is 9.90 Å². The highest BCUT2D eigenvalue weighted by Crippen LogP contribution is 2.35. The number of hydrogen-bond acceptors (Lipinski definition) is 3. The molecule has 0 aromatic rings. The van der Waals surface area contributed by atoms with E-state index in [4.69, 9.17) is 4.74 Å². The van der Waals surface area contributed by atoms with Gasteiger partial charge in [-0.1, -0.05) is 0 Å². The maximum absolute atomic E-state index is 12.1. The number of nitrogens with zero attached hydrogens (tertiary/aromatic N) is 1. The predicted octanol–water partition coefficient (Wildman–Crippen LogP) is 2.94. The molecule has 19 heavy (non-hydrogen) atoms. The Morgan fingerprint density at radius 1 is 1.37 bits per heavy atom. The van der Waals surface area contributed by atoms with Gasteiger partial charge in [0.1, 0.15) is 5.60 Å². The lowest BCUT2D eigenvalue weighted by atomic mass is 10.0. The van der Waals surface area contributed by atoms with Gasteiger partial charge in [0.2, 0.25) is 0 Å². The topological polar surface area (TPSA) is 49.8 Å². The van der Waals surface area contributed by atoms with Crippen molar-refractivity contribution < 1.29 is 14.6 Å². The number of aliphatic hydroxyl groups excluding tert-OH is 1. The summed E-state index contributed by atoms with van der Waals surface area (Å²) in [7, 11) is 0. The predicted molar refractivity (Wildman–Crippen MR) is 73.9 cm³/mol. The van der Waals surface area contributed by atoms with Crippen molar-refractivity contribution >= 4 is 6.09 Å². The molecule has 2 fully saturated rings. The zero-order chi connectivity index (χ0) is 14.0. The number of likely N-dealkylation sites (tertiary alicyclic amines) is 1. The van der Waals surface area contributed by atoms with Crippen LogP contribution in [0.1, 0.15) is 59.3 Å². The van der Waals surface area contributed by atoms with Crippen LogP contribution in [-0.2, 0) is 4.74 Å². The highest BCUT2D eigenvalue weighted by Gasteiger charge is 2.34. The van der Waals surface area contributed by atoms with Crippen LogP contribution in [0, 0.1) is 5.92 Å². The van der Waals surface area contributed by atoms with Crippen molar-refractivity contribution in [1.82, 2.24) is 4.90 Å². The summed E-state index contributed by atoms with van der Waals surface area (Å²) in [5.41, 5.74) is -0.433. The van der Waals surface area contributed by atoms with Gasteiger partial charge in [-0.25, -0.2) is 4.79 Å². The Hall–Kier alpha value is -0.770. The summed E-state index contributed by atoms with van der Waals surface area (Å²) in [6, 6.07) is 0.253. The first-order valence-electron chi connectivity index (χ1n) is 7.54. The molecule has 0 unspecified atom stereocenters. The standard InChI is InChI=1S/C15H27NO3/c1-15(2,3)19-14(18)16-10-4-5-12(16)8-9-13(17)11-6-7-11/h11-13,17H,4-10H2,1-3H3/t12-,13-/m0/s1. The fourth-order valence-electron chi connectivity index (χ4n) is 2.78. The normalized spacial score (nSPS) is 25.5. The molecule has 0 aromatic carbocycles. The molecule has 2 aliphatic rings. The van der Waals surface area contributed by atoms with Gasteiger partial charge >= 0.3 is 6.09 Å². The average Bonchev–Trinajstić information content (AvgIpc) is 3.02. The Morgan fingerprint density at radius 3 is 2.63 bits per heavy atom. The van der Waals surface area contributed by atoms with Gasteiger partial charge in [-0.2, -0.15) is 0 Å². The van der Waals surface area contributed by atoms with Gasteiger partial charge in [-0.05, 0) is 65.2 Å². The Kier molecular flexibility index (Phi) is 4.39. The number of ether oxygens (including phenoxy) is 1. The molecular formula is C15H27NO3. The molecule has 1 heterocycles. The number of carbonyl (C=O) groups excluding carboxylic acids is 1. The van der Waals surface area contributed by atoms with E-state index in [0.717, 1.165) is 32.2 Å². The second kappa shape index (κ2) is 5.70. The lowest BCUT2D eigenvalue weighted by molar-refractivity contribution is 0.0204. The van der Waals surface area contributed by atoms with Crippen molar-refractivity contribution in [3.63, 3.8) is 0 Å². The molecule has 2 rings (SSSR count). The van der Waals surface area contributed by atoms with E-state index in [-0.39, 0.29) is 18.2 Å². The fourth-order valence-corrected chi connectivity index (χ4v) is 2.78. The summed E-state index contributed by atoms with van der Waals surface area (Å²) in [5.74, 6) is 0.524. The second-order valence-corrected chi connectivity index (χ2v) is 6.95. The van der Waals surface area contributed by atoms with E-state index in [1.165, 1.54) is 12.8 Å². The average molecular weight is 269 g/mol. The molecule has 4 heteroatoms. The van der Waals surface area contributed by atoms with Crippen molar-refractivity contribution in [2.75, 3.05) is 6.54 Å². The Bertz CT molecular complexity index is 320. The molecule has 1 saturated carbocycles. The number of rotatable bonds is 4. The Balaban J connectivity index is 1.80. The molecule has 1 aliphatic heterocycles. The summed E-state index contributed by atoms with van der Waals surface area (Å²) < 4.78 is 5.44. The largest absolute Gasteiger partial charge is 0.444 e. The molecule has 0 bridgehead atoms. The third-order valence-corrected chi connectivity index (χ3v) is 3.97. The molecule has 1 saturated heterocycles. The molecule has 1 aliphatic carbocycles. The molecule has 4 nitrogen and oxygen atoms in total. The van der Waals surface area contributed by atoms with E-state index in [1.807, 2.05) is 25.7 Å². The monoisotopic (exact) mass is 269 g/mol. The number of hydrogen-bond donors (Lipinski definition) is 1. The summed E-state index contributed by atoms with van der Waals surface area (Å²) in [5, 5.41) is 9.93. The van der Waals surface area contributed by atoms with E-state index in [1.54, 1.807) is 0 Å². The van der Waals surface area contributed by atoms with Crippen LogP contribution in [-0.4, -0.2) is 40.4 Å². The molecule has 0 radical (unpaired) electrons. The van der Waals surface area contributed by atoms with E-state index in [0.29, 0.717) is 5.92 Å². The first-order valence-corrected chi connectivity index (χ1v) is 7.54. The van der Waals surface area contributed by atoms with Crippen LogP contribution in [0.2, 0.25) is 0 Å². The SMILES string of the molecule is CC(C)(C)OC(=O)N1CCC[C@H]1CC[C@H](O)C1CC1. The molecule has 0 aromatic heterocycles. The Morgan fingerprint density at radius 2 is 2.05 bits per heavy atom. The van der Waals surface area contributed by atoms with Gasteiger partial charge < -0.3 is 14.7 Å². The van der Waals surface area contributed by atoms with Crippen molar-refractivity contribution in [3.05, 3.63) is 0 Å². The quantitative estimate of drug-likeness (QED) is 0.853. The summed E-state index contributed by atoms with van der Waals surface area (Å²) >= 11 is 0. The first kappa shape index (κ1) is 14.6. The third-order valence-electron chi connectivity index (χ3n) is 3.97. The van der Waals surface area contributed by atoms with Gasteiger partial charge in [-0.3, -0.25) is 0 Å². The lowest BCUT2D eigenvalue weighted by Crippen LogP contribution is -2.40. The minimum absolute atomic E-state index is 0.166. The van der Waals surface area contributed by atoms with Crippen LogP contribution in [0.5, 0.6) is 0 Å². The highest BCUT2D eigenvalue weighted by molar-refractivity contribution is 5.68. The zero-order valence-electron chi connectivity index (χ0n) is 12.4. The fraction of sp³-hybridized carbons (Fsp3) is 0.933. The summed E-state index contributed by atoms with van der Waals surface area (Å²) in [6.45, 7) is 6.48. The van der Waals surface area contributed by atoms with E-state index >= 15 is 0 Å². The van der Waals surface area contributed by atoms with Crippen LogP contribution in [0.25, 0.3) is 0 Å². The highest BCUT2D eigenvalue weighted by atomic mass is 16.6.